The molecule has 2 rings (SSSR count). The molecule has 3 unspecified atom stereocenters. The molecule has 0 aliphatic carbocycles. The Bertz CT molecular complexity index is 519. The summed E-state index contributed by atoms with van der Waals surface area (Å²) >= 11 is 11.1. The molecule has 1 heterocycles. The average molecular weight is 302 g/mol. The number of benzene rings is 1. The Labute approximate surface area is 120 Å². The van der Waals surface area contributed by atoms with Crippen LogP contribution >= 0.6 is 23.8 Å². The van der Waals surface area contributed by atoms with E-state index in [1.807, 2.05) is 0 Å². The molecule has 0 radical (unpaired) electrons. The SMILES string of the molecule is CC1NC(=S)NC(c2c(F)cccc2Cl)C1C(N)=O. The third kappa shape index (κ3) is 2.64. The van der Waals surface area contributed by atoms with Crippen molar-refractivity contribution in [3.8, 4) is 0 Å². The Hall–Kier alpha value is -1.40. The second kappa shape index (κ2) is 5.30. The molecule has 1 amide bonds. The van der Waals surface area contributed by atoms with Gasteiger partial charge < -0.3 is 16.4 Å². The fraction of sp³-hybridized carbons (Fsp3) is 0.333. The van der Waals surface area contributed by atoms with Gasteiger partial charge in [-0.1, -0.05) is 17.7 Å². The van der Waals surface area contributed by atoms with E-state index in [1.54, 1.807) is 13.0 Å². The smallest absolute Gasteiger partial charge is 0.225 e. The molecule has 7 heteroatoms. The second-order valence-corrected chi connectivity index (χ2v) is 5.26. The minimum atomic E-state index is -0.671. The zero-order valence-electron chi connectivity index (χ0n) is 10.1. The molecule has 4 N–H and O–H groups in total. The molecular formula is C12H13ClFN3OS. The van der Waals surface area contributed by atoms with Crippen molar-refractivity contribution < 1.29 is 9.18 Å². The first-order chi connectivity index (χ1) is 8.91. The molecule has 0 bridgehead atoms. The van der Waals surface area contributed by atoms with Crippen molar-refractivity contribution in [2.24, 2.45) is 11.7 Å². The molecule has 1 aliphatic heterocycles. The van der Waals surface area contributed by atoms with Crippen LogP contribution in [0, 0.1) is 11.7 Å². The van der Waals surface area contributed by atoms with Crippen LogP contribution in [0.3, 0.4) is 0 Å². The maximum atomic E-state index is 14.0. The van der Waals surface area contributed by atoms with E-state index in [2.05, 4.69) is 10.6 Å². The van der Waals surface area contributed by atoms with Crippen molar-refractivity contribution in [3.63, 3.8) is 0 Å². The zero-order chi connectivity index (χ0) is 14.2. The molecule has 1 saturated heterocycles. The van der Waals surface area contributed by atoms with E-state index in [1.165, 1.54) is 12.1 Å². The van der Waals surface area contributed by atoms with Gasteiger partial charge in [0.15, 0.2) is 5.11 Å². The summed E-state index contributed by atoms with van der Waals surface area (Å²) in [4.78, 5) is 11.6. The Kier molecular flexibility index (Phi) is 3.91. The zero-order valence-corrected chi connectivity index (χ0v) is 11.7. The highest BCUT2D eigenvalue weighted by molar-refractivity contribution is 7.80. The van der Waals surface area contributed by atoms with Crippen molar-refractivity contribution in [1.82, 2.24) is 10.6 Å². The normalized spacial score (nSPS) is 26.5. The van der Waals surface area contributed by atoms with Crippen LogP contribution in [0.15, 0.2) is 18.2 Å². The van der Waals surface area contributed by atoms with Crippen LogP contribution in [0.2, 0.25) is 5.02 Å². The van der Waals surface area contributed by atoms with Gasteiger partial charge in [-0.3, -0.25) is 4.79 Å². The van der Waals surface area contributed by atoms with Gasteiger partial charge in [0.2, 0.25) is 5.91 Å². The predicted octanol–water partition coefficient (Wildman–Crippen LogP) is 1.49. The van der Waals surface area contributed by atoms with Crippen LogP contribution in [-0.4, -0.2) is 17.1 Å². The fourth-order valence-electron chi connectivity index (χ4n) is 2.33. The number of thiocarbonyl (C=S) groups is 1. The van der Waals surface area contributed by atoms with Crippen molar-refractivity contribution in [2.45, 2.75) is 19.0 Å². The maximum Gasteiger partial charge on any atom is 0.225 e. The molecule has 1 fully saturated rings. The monoisotopic (exact) mass is 301 g/mol. The number of hydrogen-bond donors (Lipinski definition) is 3. The van der Waals surface area contributed by atoms with E-state index in [9.17, 15) is 9.18 Å². The minimum Gasteiger partial charge on any atom is -0.369 e. The fourth-order valence-corrected chi connectivity index (χ4v) is 2.92. The first kappa shape index (κ1) is 14.0. The number of carbonyl (C=O) groups is 1. The van der Waals surface area contributed by atoms with Gasteiger partial charge in [0.25, 0.3) is 0 Å². The highest BCUT2D eigenvalue weighted by atomic mass is 35.5. The van der Waals surface area contributed by atoms with Crippen molar-refractivity contribution in [2.75, 3.05) is 0 Å². The quantitative estimate of drug-likeness (QED) is 0.724. The Morgan fingerprint density at radius 2 is 2.16 bits per heavy atom. The second-order valence-electron chi connectivity index (χ2n) is 4.45. The Morgan fingerprint density at radius 1 is 1.47 bits per heavy atom. The van der Waals surface area contributed by atoms with Crippen LogP contribution in [0.25, 0.3) is 0 Å². The van der Waals surface area contributed by atoms with Crippen LogP contribution < -0.4 is 16.4 Å². The maximum absolute atomic E-state index is 14.0. The molecule has 3 atom stereocenters. The summed E-state index contributed by atoms with van der Waals surface area (Å²) in [7, 11) is 0. The number of primary amides is 1. The number of nitrogens with one attached hydrogen (secondary N) is 2. The average Bonchev–Trinajstić information content (AvgIpc) is 2.26. The first-order valence-electron chi connectivity index (χ1n) is 5.72. The van der Waals surface area contributed by atoms with Crippen LogP contribution in [-0.2, 0) is 4.79 Å². The lowest BCUT2D eigenvalue weighted by atomic mass is 9.85. The molecule has 1 aromatic rings. The standard InChI is InChI=1S/C12H13ClFN3OS/c1-5-8(11(15)18)10(17-12(19)16-5)9-6(13)3-2-4-7(9)14/h2-5,8,10H,1H3,(H2,15,18)(H2,16,17,19). The van der Waals surface area contributed by atoms with Crippen molar-refractivity contribution in [1.29, 1.82) is 0 Å². The Balaban J connectivity index is 2.50. The summed E-state index contributed by atoms with van der Waals surface area (Å²) in [6.45, 7) is 1.77. The van der Waals surface area contributed by atoms with Crippen LogP contribution in [0.1, 0.15) is 18.5 Å². The molecule has 102 valence electrons. The molecule has 4 nitrogen and oxygen atoms in total. The van der Waals surface area contributed by atoms with Gasteiger partial charge in [0.05, 0.1) is 12.0 Å². The number of rotatable bonds is 2. The molecule has 1 aromatic carbocycles. The van der Waals surface area contributed by atoms with E-state index in [0.29, 0.717) is 5.11 Å². The largest absolute Gasteiger partial charge is 0.369 e. The highest BCUT2D eigenvalue weighted by Crippen LogP contribution is 2.33. The van der Waals surface area contributed by atoms with E-state index >= 15 is 0 Å². The van der Waals surface area contributed by atoms with E-state index in [0.717, 1.165) is 0 Å². The summed E-state index contributed by atoms with van der Waals surface area (Å²) in [5.74, 6) is -1.69. The molecule has 0 aromatic heterocycles. The third-order valence-corrected chi connectivity index (χ3v) is 3.75. The predicted molar refractivity (Wildman–Crippen MR) is 75.2 cm³/mol. The summed E-state index contributed by atoms with van der Waals surface area (Å²) < 4.78 is 14.0. The van der Waals surface area contributed by atoms with E-state index in [-0.39, 0.29) is 16.6 Å². The summed E-state index contributed by atoms with van der Waals surface area (Å²) in [6, 6.07) is 3.39. The molecule has 0 saturated carbocycles. The third-order valence-electron chi connectivity index (χ3n) is 3.18. The van der Waals surface area contributed by atoms with Crippen LogP contribution in [0.4, 0.5) is 4.39 Å². The van der Waals surface area contributed by atoms with Gasteiger partial charge in [0.1, 0.15) is 5.82 Å². The van der Waals surface area contributed by atoms with Crippen molar-refractivity contribution in [3.05, 3.63) is 34.6 Å². The molecular weight excluding hydrogens is 289 g/mol. The van der Waals surface area contributed by atoms with Gasteiger partial charge in [0, 0.05) is 16.6 Å². The van der Waals surface area contributed by atoms with Gasteiger partial charge in [-0.25, -0.2) is 4.39 Å². The topological polar surface area (TPSA) is 67.2 Å². The minimum absolute atomic E-state index is 0.212. The van der Waals surface area contributed by atoms with Gasteiger partial charge in [-0.15, -0.1) is 0 Å². The van der Waals surface area contributed by atoms with Crippen molar-refractivity contribution >= 4 is 34.8 Å². The highest BCUT2D eigenvalue weighted by Gasteiger charge is 2.39. The molecule has 19 heavy (non-hydrogen) atoms. The number of hydrogen-bond acceptors (Lipinski definition) is 2. The molecule has 0 spiro atoms. The van der Waals surface area contributed by atoms with E-state index in [4.69, 9.17) is 29.6 Å². The van der Waals surface area contributed by atoms with Gasteiger partial charge in [-0.2, -0.15) is 0 Å². The Morgan fingerprint density at radius 3 is 2.74 bits per heavy atom. The lowest BCUT2D eigenvalue weighted by Crippen LogP contribution is -2.58. The van der Waals surface area contributed by atoms with E-state index < -0.39 is 23.7 Å². The van der Waals surface area contributed by atoms with Gasteiger partial charge >= 0.3 is 0 Å². The number of carbonyl (C=O) groups excluding carboxylic acids is 1. The lowest BCUT2D eigenvalue weighted by molar-refractivity contribution is -0.123. The lowest BCUT2D eigenvalue weighted by Gasteiger charge is -2.38. The summed E-state index contributed by atoms with van der Waals surface area (Å²) in [5, 5.41) is 6.35. The molecule has 1 aliphatic rings. The van der Waals surface area contributed by atoms with Gasteiger partial charge in [-0.05, 0) is 31.3 Å². The summed E-state index contributed by atoms with van der Waals surface area (Å²) in [5.41, 5.74) is 5.61. The number of halogens is 2. The van der Waals surface area contributed by atoms with Crippen LogP contribution in [0.5, 0.6) is 0 Å². The first-order valence-corrected chi connectivity index (χ1v) is 6.50. The summed E-state index contributed by atoms with van der Waals surface area (Å²) in [6.07, 6.45) is 0. The number of amides is 1. The number of nitrogens with two attached hydrogens (primary N) is 1.